The van der Waals surface area contributed by atoms with E-state index in [1.54, 1.807) is 6.08 Å². The smallest absolute Gasteiger partial charge is 0.266 e. The van der Waals surface area contributed by atoms with Crippen LogP contribution in [-0.4, -0.2) is 14.6 Å². The highest BCUT2D eigenvalue weighted by Gasteiger charge is 2.07. The molecule has 2 heterocycles. The van der Waals surface area contributed by atoms with Gasteiger partial charge in [-0.25, -0.2) is 0 Å². The minimum absolute atomic E-state index is 0.144. The van der Waals surface area contributed by atoms with Crippen LogP contribution in [0.4, 0.5) is 0 Å². The van der Waals surface area contributed by atoms with Gasteiger partial charge in [-0.15, -0.1) is 5.10 Å². The van der Waals surface area contributed by atoms with Crippen LogP contribution in [0.2, 0.25) is 0 Å². The second-order valence-electron chi connectivity index (χ2n) is 5.62. The minimum atomic E-state index is -0.144. The quantitative estimate of drug-likeness (QED) is 0.561. The first kappa shape index (κ1) is 16.2. The second-order valence-corrected chi connectivity index (χ2v) is 6.63. The molecule has 126 valence electrons. The summed E-state index contributed by atoms with van der Waals surface area (Å²) in [5.41, 5.74) is 2.01. The molecule has 2 aromatic carbocycles. The zero-order chi connectivity index (χ0) is 17.8. The number of rotatable bonds is 4. The average Bonchev–Trinajstić information content (AvgIpc) is 3.21. The van der Waals surface area contributed by atoms with Crippen molar-refractivity contribution in [3.05, 3.63) is 98.6 Å². The van der Waals surface area contributed by atoms with E-state index in [1.165, 1.54) is 15.9 Å². The number of allylic oxidation sites excluding steroid dienone is 1. The summed E-state index contributed by atoms with van der Waals surface area (Å²) in [5, 5.41) is 4.29. The van der Waals surface area contributed by atoms with Crippen molar-refractivity contribution in [1.82, 2.24) is 14.6 Å². The lowest BCUT2D eigenvalue weighted by molar-refractivity contribution is 0.925. The number of benzene rings is 2. The van der Waals surface area contributed by atoms with Crippen LogP contribution in [0.5, 0.6) is 0 Å². The van der Waals surface area contributed by atoms with E-state index in [1.807, 2.05) is 85.0 Å². The van der Waals surface area contributed by atoms with E-state index >= 15 is 0 Å². The molecule has 0 aliphatic carbocycles. The predicted molar refractivity (Wildman–Crippen MR) is 108 cm³/mol. The van der Waals surface area contributed by atoms with Gasteiger partial charge in [0.05, 0.1) is 4.53 Å². The molecule has 0 bridgehead atoms. The van der Waals surface area contributed by atoms with Crippen LogP contribution in [-0.2, 0) is 0 Å². The van der Waals surface area contributed by atoms with Crippen LogP contribution >= 0.6 is 11.3 Å². The summed E-state index contributed by atoms with van der Waals surface area (Å²) in [6, 6.07) is 19.9. The first-order valence-corrected chi connectivity index (χ1v) is 8.97. The second kappa shape index (κ2) is 7.29. The van der Waals surface area contributed by atoms with Crippen LogP contribution in [0.25, 0.3) is 29.3 Å². The molecule has 0 radical (unpaired) electrons. The molecule has 4 nitrogen and oxygen atoms in total. The number of fused-ring (bicyclic) bond motifs is 1. The Kier molecular flexibility index (Phi) is 4.53. The molecule has 0 unspecified atom stereocenters. The van der Waals surface area contributed by atoms with E-state index in [9.17, 15) is 4.79 Å². The maximum Gasteiger partial charge on any atom is 0.291 e. The first-order chi connectivity index (χ1) is 12.8. The van der Waals surface area contributed by atoms with Crippen molar-refractivity contribution in [1.29, 1.82) is 0 Å². The van der Waals surface area contributed by atoms with Gasteiger partial charge in [0.1, 0.15) is 0 Å². The zero-order valence-electron chi connectivity index (χ0n) is 13.8. The van der Waals surface area contributed by atoms with Crippen LogP contribution < -0.4 is 10.1 Å². The molecule has 0 amide bonds. The molecule has 5 heteroatoms. The molecule has 4 rings (SSSR count). The Labute approximate surface area is 154 Å². The van der Waals surface area contributed by atoms with Gasteiger partial charge in [0.25, 0.3) is 5.56 Å². The van der Waals surface area contributed by atoms with Crippen molar-refractivity contribution in [2.24, 2.45) is 0 Å². The summed E-state index contributed by atoms with van der Waals surface area (Å²) in [7, 11) is 0. The molecule has 26 heavy (non-hydrogen) atoms. The average molecular weight is 357 g/mol. The van der Waals surface area contributed by atoms with Crippen LogP contribution in [0.1, 0.15) is 17.0 Å². The van der Waals surface area contributed by atoms with Gasteiger partial charge in [0.2, 0.25) is 4.96 Å². The molecular formula is C21H15N3OS. The lowest BCUT2D eigenvalue weighted by Gasteiger charge is -1.88. The Morgan fingerprint density at radius 3 is 2.15 bits per heavy atom. The summed E-state index contributed by atoms with van der Waals surface area (Å²) in [6.45, 7) is 0. The summed E-state index contributed by atoms with van der Waals surface area (Å²) in [5.74, 6) is 0.531. The predicted octanol–water partition coefficient (Wildman–Crippen LogP) is 3.53. The van der Waals surface area contributed by atoms with Crippen molar-refractivity contribution < 1.29 is 0 Å². The molecule has 0 atom stereocenters. The first-order valence-electron chi connectivity index (χ1n) is 8.16. The SMILES string of the molecule is O=c1/c(=C/C=C/c2ccccc2)sc2nc(/C=C/c3ccccc3)nn12. The molecule has 0 saturated heterocycles. The number of hydrogen-bond donors (Lipinski definition) is 0. The van der Waals surface area contributed by atoms with E-state index < -0.39 is 0 Å². The topological polar surface area (TPSA) is 47.3 Å². The third-order valence-corrected chi connectivity index (χ3v) is 4.74. The Morgan fingerprint density at radius 2 is 1.50 bits per heavy atom. The van der Waals surface area contributed by atoms with Crippen molar-refractivity contribution in [2.75, 3.05) is 0 Å². The van der Waals surface area contributed by atoms with Gasteiger partial charge in [0.15, 0.2) is 5.82 Å². The summed E-state index contributed by atoms with van der Waals surface area (Å²) >= 11 is 1.34. The van der Waals surface area contributed by atoms with Crippen molar-refractivity contribution in [2.45, 2.75) is 0 Å². The molecule has 0 aliphatic rings. The number of thiazole rings is 1. The van der Waals surface area contributed by atoms with Gasteiger partial charge >= 0.3 is 0 Å². The standard InChI is InChI=1S/C21H15N3OS/c25-20-18(13-7-12-16-8-3-1-4-9-16)26-21-22-19(23-24(20)21)15-14-17-10-5-2-6-11-17/h1-15H/b12-7+,15-14+,18-13-. The molecule has 0 saturated carbocycles. The molecule has 2 aromatic heterocycles. The molecule has 0 fully saturated rings. The Morgan fingerprint density at radius 1 is 0.846 bits per heavy atom. The van der Waals surface area contributed by atoms with Crippen LogP contribution in [0.3, 0.4) is 0 Å². The van der Waals surface area contributed by atoms with E-state index in [-0.39, 0.29) is 5.56 Å². The summed E-state index contributed by atoms with van der Waals surface area (Å²) in [6.07, 6.45) is 9.38. The third kappa shape index (κ3) is 3.53. The van der Waals surface area contributed by atoms with Gasteiger partial charge in [-0.05, 0) is 23.3 Å². The zero-order valence-corrected chi connectivity index (χ0v) is 14.6. The minimum Gasteiger partial charge on any atom is -0.266 e. The number of hydrogen-bond acceptors (Lipinski definition) is 4. The molecule has 0 aliphatic heterocycles. The van der Waals surface area contributed by atoms with Gasteiger partial charge in [-0.2, -0.15) is 9.50 Å². The normalized spacial score (nSPS) is 12.7. The van der Waals surface area contributed by atoms with E-state index in [0.717, 1.165) is 11.1 Å². The third-order valence-electron chi connectivity index (χ3n) is 3.76. The Balaban J connectivity index is 1.60. The fourth-order valence-corrected chi connectivity index (χ4v) is 3.35. The van der Waals surface area contributed by atoms with Crippen LogP contribution in [0.15, 0.2) is 71.5 Å². The Hall–Kier alpha value is -3.31. The lowest BCUT2D eigenvalue weighted by Crippen LogP contribution is -2.23. The highest BCUT2D eigenvalue weighted by molar-refractivity contribution is 7.15. The molecule has 4 aromatic rings. The van der Waals surface area contributed by atoms with Crippen molar-refractivity contribution in [3.8, 4) is 0 Å². The fourth-order valence-electron chi connectivity index (χ4n) is 2.48. The highest BCUT2D eigenvalue weighted by Crippen LogP contribution is 2.07. The van der Waals surface area contributed by atoms with Crippen molar-refractivity contribution in [3.63, 3.8) is 0 Å². The lowest BCUT2D eigenvalue weighted by atomic mass is 10.2. The Bertz CT molecular complexity index is 1190. The maximum atomic E-state index is 12.4. The molecule has 0 N–H and O–H groups in total. The molecular weight excluding hydrogens is 342 g/mol. The van der Waals surface area contributed by atoms with Gasteiger partial charge in [-0.3, -0.25) is 4.79 Å². The van der Waals surface area contributed by atoms with Crippen molar-refractivity contribution >= 4 is 40.6 Å². The summed E-state index contributed by atoms with van der Waals surface area (Å²) < 4.78 is 1.98. The summed E-state index contributed by atoms with van der Waals surface area (Å²) in [4.78, 5) is 17.5. The van der Waals surface area contributed by atoms with Gasteiger partial charge in [0, 0.05) is 0 Å². The van der Waals surface area contributed by atoms with E-state index in [4.69, 9.17) is 0 Å². The fraction of sp³-hybridized carbons (Fsp3) is 0. The molecule has 0 spiro atoms. The largest absolute Gasteiger partial charge is 0.291 e. The number of aromatic nitrogens is 3. The number of nitrogens with zero attached hydrogens (tertiary/aromatic N) is 3. The van der Waals surface area contributed by atoms with Gasteiger partial charge < -0.3 is 0 Å². The van der Waals surface area contributed by atoms with Gasteiger partial charge in [-0.1, -0.05) is 90.2 Å². The maximum absolute atomic E-state index is 12.4. The van der Waals surface area contributed by atoms with E-state index in [0.29, 0.717) is 15.3 Å². The van der Waals surface area contributed by atoms with Crippen LogP contribution in [0, 0.1) is 0 Å². The highest BCUT2D eigenvalue weighted by atomic mass is 32.1. The van der Waals surface area contributed by atoms with E-state index in [2.05, 4.69) is 10.1 Å². The monoisotopic (exact) mass is 357 g/mol.